The van der Waals surface area contributed by atoms with E-state index in [1.807, 2.05) is 6.92 Å². The number of aromatic nitrogens is 1. The minimum absolute atomic E-state index is 0.00926. The van der Waals surface area contributed by atoms with Crippen molar-refractivity contribution in [2.24, 2.45) is 0 Å². The van der Waals surface area contributed by atoms with Crippen LogP contribution in [0.5, 0.6) is 0 Å². The molecule has 0 aliphatic carbocycles. The number of alkyl halides is 3. The molecule has 0 spiro atoms. The Bertz CT molecular complexity index is 457. The van der Waals surface area contributed by atoms with Gasteiger partial charge in [-0.05, 0) is 23.6 Å². The fraction of sp³-hybridized carbons (Fsp3) is 0.455. The zero-order valence-corrected chi connectivity index (χ0v) is 9.21. The average molecular weight is 244 g/mol. The number of hydrogen-bond acceptors (Lipinski definition) is 2. The topological polar surface area (TPSA) is 33.2 Å². The number of nitrogens with zero attached hydrogens (tertiary/aromatic N) is 2. The van der Waals surface area contributed by atoms with Crippen LogP contribution in [0.2, 0.25) is 0 Å². The molecule has 1 amide bonds. The number of halogens is 3. The molecule has 0 bridgehead atoms. The van der Waals surface area contributed by atoms with Crippen LogP contribution in [0.15, 0.2) is 12.3 Å². The Morgan fingerprint density at radius 1 is 1.41 bits per heavy atom. The minimum atomic E-state index is -4.80. The number of aryl methyl sites for hydroxylation is 1. The van der Waals surface area contributed by atoms with E-state index in [9.17, 15) is 18.0 Å². The lowest BCUT2D eigenvalue weighted by Gasteiger charge is -2.16. The van der Waals surface area contributed by atoms with Crippen LogP contribution < -0.4 is 0 Å². The second kappa shape index (κ2) is 4.01. The van der Waals surface area contributed by atoms with E-state index in [0.29, 0.717) is 5.56 Å². The molecule has 1 aromatic rings. The zero-order chi connectivity index (χ0) is 12.6. The zero-order valence-electron chi connectivity index (χ0n) is 9.21. The standard InChI is InChI=1S/C11H11F3N2O/c1-2-9-3-7-5-16(6-8(7)4-15-9)10(17)11(12,13)14/h3-4H,2,5-6H2,1H3. The van der Waals surface area contributed by atoms with Gasteiger partial charge in [-0.3, -0.25) is 9.78 Å². The largest absolute Gasteiger partial charge is 0.471 e. The molecule has 2 heterocycles. The fourth-order valence-electron chi connectivity index (χ4n) is 1.85. The normalized spacial score (nSPS) is 14.9. The molecular formula is C11H11F3N2O. The van der Waals surface area contributed by atoms with Crippen molar-refractivity contribution in [2.45, 2.75) is 32.6 Å². The van der Waals surface area contributed by atoms with Gasteiger partial charge in [-0.2, -0.15) is 13.2 Å². The van der Waals surface area contributed by atoms with Crippen molar-refractivity contribution >= 4 is 5.91 Å². The van der Waals surface area contributed by atoms with Gasteiger partial charge in [0, 0.05) is 25.0 Å². The molecule has 0 atom stereocenters. The summed E-state index contributed by atoms with van der Waals surface area (Å²) in [5.74, 6) is -1.79. The Kier molecular flexibility index (Phi) is 2.81. The van der Waals surface area contributed by atoms with Gasteiger partial charge in [0.25, 0.3) is 0 Å². The molecule has 0 saturated heterocycles. The van der Waals surface area contributed by atoms with E-state index in [4.69, 9.17) is 0 Å². The Hall–Kier alpha value is -1.59. The number of fused-ring (bicyclic) bond motifs is 1. The molecule has 3 nitrogen and oxygen atoms in total. The maximum absolute atomic E-state index is 12.3. The first-order valence-corrected chi connectivity index (χ1v) is 5.24. The maximum Gasteiger partial charge on any atom is 0.471 e. The van der Waals surface area contributed by atoms with Gasteiger partial charge in [0.1, 0.15) is 0 Å². The average Bonchev–Trinajstić information content (AvgIpc) is 2.68. The highest BCUT2D eigenvalue weighted by Gasteiger charge is 2.44. The highest BCUT2D eigenvalue weighted by molar-refractivity contribution is 5.82. The lowest BCUT2D eigenvalue weighted by Crippen LogP contribution is -2.37. The summed E-state index contributed by atoms with van der Waals surface area (Å²) in [5.41, 5.74) is 2.28. The molecule has 0 unspecified atom stereocenters. The van der Waals surface area contributed by atoms with E-state index in [0.717, 1.165) is 22.6 Å². The number of amides is 1. The summed E-state index contributed by atoms with van der Waals surface area (Å²) < 4.78 is 36.8. The fourth-order valence-corrected chi connectivity index (χ4v) is 1.85. The van der Waals surface area contributed by atoms with Crippen LogP contribution in [0.4, 0.5) is 13.2 Å². The first-order valence-electron chi connectivity index (χ1n) is 5.24. The molecule has 0 aromatic carbocycles. The van der Waals surface area contributed by atoms with Gasteiger partial charge in [-0.25, -0.2) is 0 Å². The Morgan fingerprint density at radius 3 is 2.65 bits per heavy atom. The lowest BCUT2D eigenvalue weighted by atomic mass is 10.1. The summed E-state index contributed by atoms with van der Waals surface area (Å²) in [6.07, 6.45) is -2.53. The summed E-state index contributed by atoms with van der Waals surface area (Å²) in [7, 11) is 0. The van der Waals surface area contributed by atoms with Gasteiger partial charge in [0.15, 0.2) is 0 Å². The van der Waals surface area contributed by atoms with E-state index in [-0.39, 0.29) is 13.1 Å². The van der Waals surface area contributed by atoms with E-state index in [1.54, 1.807) is 12.3 Å². The summed E-state index contributed by atoms with van der Waals surface area (Å²) >= 11 is 0. The SMILES string of the molecule is CCc1cc2c(cn1)CN(C(=O)C(F)(F)F)C2. The van der Waals surface area contributed by atoms with Gasteiger partial charge in [-0.15, -0.1) is 0 Å². The van der Waals surface area contributed by atoms with Crippen LogP contribution in [0.1, 0.15) is 23.7 Å². The van der Waals surface area contributed by atoms with Crippen LogP contribution in [0.25, 0.3) is 0 Å². The smallest absolute Gasteiger partial charge is 0.326 e. The third kappa shape index (κ3) is 2.25. The number of carbonyl (C=O) groups excluding carboxylic acids is 1. The van der Waals surface area contributed by atoms with Gasteiger partial charge < -0.3 is 4.90 Å². The molecule has 0 N–H and O–H groups in total. The summed E-state index contributed by atoms with van der Waals surface area (Å²) in [4.78, 5) is 16.0. The Morgan fingerprint density at radius 2 is 2.06 bits per heavy atom. The quantitative estimate of drug-likeness (QED) is 0.757. The van der Waals surface area contributed by atoms with Gasteiger partial charge in [0.2, 0.25) is 0 Å². The predicted molar refractivity (Wildman–Crippen MR) is 53.9 cm³/mol. The van der Waals surface area contributed by atoms with E-state index >= 15 is 0 Å². The number of pyridine rings is 1. The summed E-state index contributed by atoms with van der Waals surface area (Å²) in [6.45, 7) is 1.93. The molecule has 1 aromatic heterocycles. The highest BCUT2D eigenvalue weighted by Crippen LogP contribution is 2.27. The predicted octanol–water partition coefficient (Wildman–Crippen LogP) is 2.05. The number of rotatable bonds is 1. The van der Waals surface area contributed by atoms with E-state index in [1.165, 1.54) is 0 Å². The van der Waals surface area contributed by atoms with Crippen molar-refractivity contribution in [3.05, 3.63) is 29.1 Å². The third-order valence-electron chi connectivity index (χ3n) is 2.75. The third-order valence-corrected chi connectivity index (χ3v) is 2.75. The maximum atomic E-state index is 12.3. The summed E-state index contributed by atoms with van der Waals surface area (Å²) in [5, 5.41) is 0. The molecule has 1 aliphatic heterocycles. The van der Waals surface area contributed by atoms with Crippen molar-refractivity contribution < 1.29 is 18.0 Å². The molecule has 2 rings (SSSR count). The van der Waals surface area contributed by atoms with Crippen LogP contribution in [-0.2, 0) is 24.3 Å². The number of hydrogen-bond donors (Lipinski definition) is 0. The minimum Gasteiger partial charge on any atom is -0.326 e. The highest BCUT2D eigenvalue weighted by atomic mass is 19.4. The van der Waals surface area contributed by atoms with Crippen LogP contribution in [0.3, 0.4) is 0 Å². The molecule has 0 fully saturated rings. The van der Waals surface area contributed by atoms with Gasteiger partial charge in [0.05, 0.1) is 0 Å². The second-order valence-corrected chi connectivity index (χ2v) is 3.96. The van der Waals surface area contributed by atoms with Crippen molar-refractivity contribution in [1.29, 1.82) is 0 Å². The van der Waals surface area contributed by atoms with E-state index < -0.39 is 12.1 Å². The molecule has 17 heavy (non-hydrogen) atoms. The Balaban J connectivity index is 2.19. The van der Waals surface area contributed by atoms with Crippen molar-refractivity contribution in [3.63, 3.8) is 0 Å². The lowest BCUT2D eigenvalue weighted by molar-refractivity contribution is -0.186. The molecule has 92 valence electrons. The van der Waals surface area contributed by atoms with Crippen LogP contribution in [0, 0.1) is 0 Å². The van der Waals surface area contributed by atoms with E-state index in [2.05, 4.69) is 4.98 Å². The number of carbonyl (C=O) groups is 1. The molecule has 0 saturated carbocycles. The molecular weight excluding hydrogens is 233 g/mol. The molecule has 1 aliphatic rings. The van der Waals surface area contributed by atoms with Crippen molar-refractivity contribution in [3.8, 4) is 0 Å². The van der Waals surface area contributed by atoms with Gasteiger partial charge in [-0.1, -0.05) is 6.92 Å². The molecule has 0 radical (unpaired) electrons. The second-order valence-electron chi connectivity index (χ2n) is 3.96. The van der Waals surface area contributed by atoms with Crippen molar-refractivity contribution in [1.82, 2.24) is 9.88 Å². The monoisotopic (exact) mass is 244 g/mol. The van der Waals surface area contributed by atoms with Crippen molar-refractivity contribution in [2.75, 3.05) is 0 Å². The van der Waals surface area contributed by atoms with Gasteiger partial charge >= 0.3 is 12.1 Å². The first-order chi connectivity index (χ1) is 7.91. The summed E-state index contributed by atoms with van der Waals surface area (Å²) in [6, 6.07) is 1.76. The Labute approximate surface area is 96.3 Å². The molecule has 6 heteroatoms. The van der Waals surface area contributed by atoms with Crippen LogP contribution >= 0.6 is 0 Å². The van der Waals surface area contributed by atoms with Crippen LogP contribution in [-0.4, -0.2) is 22.0 Å². The first kappa shape index (κ1) is 11.9.